The van der Waals surface area contributed by atoms with Gasteiger partial charge in [-0.15, -0.1) is 0 Å². The Balaban J connectivity index is 0.00000200. The molecule has 0 bridgehead atoms. The number of carboxylic acids is 1. The Labute approximate surface area is 136 Å². The van der Waals surface area contributed by atoms with Crippen molar-refractivity contribution in [3.8, 4) is 0 Å². The van der Waals surface area contributed by atoms with Crippen LogP contribution in [0.15, 0.2) is 10.9 Å². The summed E-state index contributed by atoms with van der Waals surface area (Å²) in [6, 6.07) is 1.25. The average molecular weight is 293 g/mol. The van der Waals surface area contributed by atoms with Crippen LogP contribution in [0.4, 0.5) is 10.2 Å². The van der Waals surface area contributed by atoms with E-state index in [0.29, 0.717) is 19.0 Å². The number of nitrogens with zero attached hydrogens (tertiary/aromatic N) is 2. The molecule has 0 aliphatic carbocycles. The molecule has 0 aromatic carbocycles. The largest absolute Gasteiger partial charge is 1.00 e. The molecule has 1 aliphatic heterocycles. The van der Waals surface area contributed by atoms with Crippen molar-refractivity contribution < 1.29 is 48.6 Å². The number of carbonyl (C=O) groups is 1. The van der Waals surface area contributed by atoms with E-state index in [-0.39, 0.29) is 41.9 Å². The molecule has 1 saturated heterocycles. The van der Waals surface area contributed by atoms with Crippen LogP contribution < -0.4 is 45.1 Å². The second-order valence-electron chi connectivity index (χ2n) is 4.19. The molecule has 20 heavy (non-hydrogen) atoms. The Bertz CT molecular complexity index is 525. The normalized spacial score (nSPS) is 18.4. The third kappa shape index (κ3) is 4.55. The van der Waals surface area contributed by atoms with Gasteiger partial charge in [-0.3, -0.25) is 4.79 Å². The van der Waals surface area contributed by atoms with Crippen molar-refractivity contribution in [1.82, 2.24) is 9.97 Å². The fourth-order valence-electron chi connectivity index (χ4n) is 1.90. The van der Waals surface area contributed by atoms with Crippen molar-refractivity contribution in [2.24, 2.45) is 0 Å². The van der Waals surface area contributed by atoms with E-state index in [2.05, 4.69) is 9.97 Å². The number of alkyl halides is 1. The molecule has 2 heterocycles. The molecule has 1 aromatic rings. The minimum atomic E-state index is -1.33. The van der Waals surface area contributed by atoms with Crippen LogP contribution in [0, 0.1) is 0 Å². The number of aromatic nitrogens is 2. The van der Waals surface area contributed by atoms with Gasteiger partial charge >= 0.3 is 29.6 Å². The number of aliphatic carboxylic acids is 1. The van der Waals surface area contributed by atoms with E-state index in [1.54, 1.807) is 4.90 Å². The van der Waals surface area contributed by atoms with Gasteiger partial charge in [0.05, 0.1) is 6.61 Å². The molecule has 0 saturated carbocycles. The third-order valence-electron chi connectivity index (χ3n) is 2.72. The first-order chi connectivity index (χ1) is 9.08. The Morgan fingerprint density at radius 1 is 1.65 bits per heavy atom. The summed E-state index contributed by atoms with van der Waals surface area (Å²) >= 11 is 0. The maximum Gasteiger partial charge on any atom is 1.00 e. The zero-order chi connectivity index (χ0) is 13.8. The maximum atomic E-state index is 12.6. The number of anilines is 1. The smallest absolute Gasteiger partial charge is 0.550 e. The van der Waals surface area contributed by atoms with E-state index >= 15 is 0 Å². The van der Waals surface area contributed by atoms with Gasteiger partial charge in [0, 0.05) is 31.5 Å². The van der Waals surface area contributed by atoms with E-state index in [1.165, 1.54) is 6.07 Å². The first-order valence-electron chi connectivity index (χ1n) is 5.81. The van der Waals surface area contributed by atoms with Crippen LogP contribution in [-0.4, -0.2) is 48.4 Å². The van der Waals surface area contributed by atoms with Gasteiger partial charge in [-0.25, -0.2) is 9.37 Å². The van der Waals surface area contributed by atoms with Crippen molar-refractivity contribution in [2.45, 2.75) is 12.5 Å². The molecular weight excluding hydrogens is 280 g/mol. The summed E-state index contributed by atoms with van der Waals surface area (Å²) in [7, 11) is 0. The van der Waals surface area contributed by atoms with Crippen molar-refractivity contribution in [1.29, 1.82) is 0 Å². The first-order valence-corrected chi connectivity index (χ1v) is 5.81. The van der Waals surface area contributed by atoms with Crippen molar-refractivity contribution in [3.63, 3.8) is 0 Å². The third-order valence-corrected chi connectivity index (χ3v) is 2.72. The molecule has 0 radical (unpaired) electrons. The number of carboxylic acid groups (broad SMARTS) is 1. The number of rotatable bonds is 4. The Morgan fingerprint density at radius 3 is 3.05 bits per heavy atom. The molecule has 1 N–H and O–H groups in total. The summed E-state index contributed by atoms with van der Waals surface area (Å²) in [5.41, 5.74) is -0.454. The van der Waals surface area contributed by atoms with Crippen LogP contribution in [0.3, 0.4) is 0 Å². The van der Waals surface area contributed by atoms with Gasteiger partial charge < -0.3 is 24.5 Å². The Hall–Kier alpha value is -0.960. The standard InChI is InChI=1S/C11H14FN3O4.Na/c12-5-7-6-15(1-2-19-7)9-4-10(16)14-8(13-9)3-11(17)18;/h4,7H,1-3,5-6H2,(H,17,18)(H,13,14,16);/q;+1/p-1. The fourth-order valence-corrected chi connectivity index (χ4v) is 1.90. The molecule has 1 atom stereocenters. The number of carbonyl (C=O) groups excluding carboxylic acids is 1. The summed E-state index contributed by atoms with van der Waals surface area (Å²) < 4.78 is 17.7. The zero-order valence-corrected chi connectivity index (χ0v) is 13.1. The fraction of sp³-hybridized carbons (Fsp3) is 0.545. The summed E-state index contributed by atoms with van der Waals surface area (Å²) in [6.45, 7) is 0.458. The predicted molar refractivity (Wildman–Crippen MR) is 61.5 cm³/mol. The number of halogens is 1. The Morgan fingerprint density at radius 2 is 2.40 bits per heavy atom. The Kier molecular flexibility index (Phi) is 6.60. The summed E-state index contributed by atoms with van der Waals surface area (Å²) in [5.74, 6) is -0.989. The molecule has 2 rings (SSSR count). The molecule has 1 fully saturated rings. The number of H-pyrrole nitrogens is 1. The van der Waals surface area contributed by atoms with E-state index in [4.69, 9.17) is 4.74 Å². The van der Waals surface area contributed by atoms with Gasteiger partial charge in [-0.05, 0) is 0 Å². The van der Waals surface area contributed by atoms with Crippen molar-refractivity contribution in [3.05, 3.63) is 22.2 Å². The van der Waals surface area contributed by atoms with Crippen LogP contribution in [0.5, 0.6) is 0 Å². The van der Waals surface area contributed by atoms with Gasteiger partial charge in [-0.2, -0.15) is 0 Å². The molecule has 1 unspecified atom stereocenters. The van der Waals surface area contributed by atoms with Gasteiger partial charge in [0.1, 0.15) is 24.4 Å². The predicted octanol–water partition coefficient (Wildman–Crippen LogP) is -4.76. The monoisotopic (exact) mass is 293 g/mol. The molecule has 1 aliphatic rings. The maximum absolute atomic E-state index is 12.6. The molecule has 1 aromatic heterocycles. The summed E-state index contributed by atoms with van der Waals surface area (Å²) in [4.78, 5) is 30.0. The van der Waals surface area contributed by atoms with Crippen LogP contribution in [0.25, 0.3) is 0 Å². The molecular formula is C11H13FN3NaO4. The topological polar surface area (TPSA) is 98.3 Å². The zero-order valence-electron chi connectivity index (χ0n) is 11.1. The molecule has 7 nitrogen and oxygen atoms in total. The number of ether oxygens (including phenoxy) is 1. The second-order valence-corrected chi connectivity index (χ2v) is 4.19. The van der Waals surface area contributed by atoms with E-state index in [9.17, 15) is 19.1 Å². The average Bonchev–Trinajstić information content (AvgIpc) is 2.37. The van der Waals surface area contributed by atoms with Gasteiger partial charge in [0.25, 0.3) is 5.56 Å². The van der Waals surface area contributed by atoms with Crippen LogP contribution in [-0.2, 0) is 16.0 Å². The molecule has 104 valence electrons. The minimum absolute atomic E-state index is 0. The number of aromatic amines is 1. The number of hydrogen-bond acceptors (Lipinski definition) is 6. The van der Waals surface area contributed by atoms with Crippen molar-refractivity contribution in [2.75, 3.05) is 31.3 Å². The quantitative estimate of drug-likeness (QED) is 0.560. The van der Waals surface area contributed by atoms with Crippen LogP contribution in [0.2, 0.25) is 0 Å². The first kappa shape index (κ1) is 17.1. The van der Waals surface area contributed by atoms with Crippen LogP contribution in [0.1, 0.15) is 5.82 Å². The number of hydrogen-bond donors (Lipinski definition) is 1. The van der Waals surface area contributed by atoms with Gasteiger partial charge in [0.15, 0.2) is 0 Å². The number of morpholine rings is 1. The van der Waals surface area contributed by atoms with Crippen molar-refractivity contribution >= 4 is 11.8 Å². The summed E-state index contributed by atoms with van der Waals surface area (Å²) in [5, 5.41) is 10.5. The molecule has 9 heteroatoms. The number of nitrogens with one attached hydrogen (secondary N) is 1. The summed E-state index contributed by atoms with van der Waals surface area (Å²) in [6.07, 6.45) is -1.03. The van der Waals surface area contributed by atoms with Gasteiger partial charge in [0.2, 0.25) is 0 Å². The molecule has 0 amide bonds. The minimum Gasteiger partial charge on any atom is -0.550 e. The van der Waals surface area contributed by atoms with E-state index in [0.717, 1.165) is 0 Å². The SMILES string of the molecule is O=C([O-])Cc1nc(N2CCOC(CF)C2)cc(=O)[nH]1.[Na+]. The van der Waals surface area contributed by atoms with Gasteiger partial charge in [-0.1, -0.05) is 0 Å². The van der Waals surface area contributed by atoms with E-state index in [1.807, 2.05) is 0 Å². The molecule has 0 spiro atoms. The van der Waals surface area contributed by atoms with E-state index < -0.39 is 30.7 Å². The second kappa shape index (κ2) is 7.72. The van der Waals surface area contributed by atoms with Crippen LogP contribution >= 0.6 is 0 Å².